The van der Waals surface area contributed by atoms with Gasteiger partial charge in [0.1, 0.15) is 12.4 Å². The number of aromatic nitrogens is 1. The van der Waals surface area contributed by atoms with Gasteiger partial charge in [-0.15, -0.1) is 0 Å². The summed E-state index contributed by atoms with van der Waals surface area (Å²) in [5.74, 6) is -0.203. The molecule has 0 spiro atoms. The minimum absolute atomic E-state index is 0.0584. The van der Waals surface area contributed by atoms with Gasteiger partial charge in [0, 0.05) is 18.7 Å². The highest BCUT2D eigenvalue weighted by Gasteiger charge is 2.31. The van der Waals surface area contributed by atoms with E-state index in [2.05, 4.69) is 10.3 Å². The molecule has 2 heterocycles. The third-order valence-electron chi connectivity index (χ3n) is 5.42. The Morgan fingerprint density at radius 2 is 1.88 bits per heavy atom. The number of halogens is 1. The minimum atomic E-state index is -1.46. The van der Waals surface area contributed by atoms with Crippen LogP contribution in [0.1, 0.15) is 28.0 Å². The Hall–Kier alpha value is -3.52. The number of hydrogen-bond donors (Lipinski definition) is 2. The molecule has 2 N–H and O–H groups in total. The molecule has 1 aliphatic heterocycles. The lowest BCUT2D eigenvalue weighted by atomic mass is 10.1. The van der Waals surface area contributed by atoms with Gasteiger partial charge in [0.15, 0.2) is 5.69 Å². The number of amides is 2. The lowest BCUT2D eigenvalue weighted by molar-refractivity contribution is -0.120. The van der Waals surface area contributed by atoms with Gasteiger partial charge in [-0.3, -0.25) is 9.59 Å². The normalized spacial score (nSPS) is 18.4. The summed E-state index contributed by atoms with van der Waals surface area (Å²) in [5, 5.41) is 12.4. The fraction of sp³-hybridized carbons (Fsp3) is 0.292. The van der Waals surface area contributed by atoms with Crippen LogP contribution in [0, 0.1) is 0 Å². The van der Waals surface area contributed by atoms with Crippen LogP contribution in [0.5, 0.6) is 0 Å². The van der Waals surface area contributed by atoms with Crippen molar-refractivity contribution in [1.82, 2.24) is 15.2 Å². The second kappa shape index (κ2) is 9.74. The molecule has 1 fully saturated rings. The number of rotatable bonds is 6. The van der Waals surface area contributed by atoms with Gasteiger partial charge in [-0.1, -0.05) is 42.5 Å². The van der Waals surface area contributed by atoms with Crippen LogP contribution in [0.2, 0.25) is 0 Å². The number of nitrogens with one attached hydrogen (secondary N) is 1. The van der Waals surface area contributed by atoms with Gasteiger partial charge in [-0.2, -0.15) is 0 Å². The van der Waals surface area contributed by atoms with Crippen LogP contribution in [0.15, 0.2) is 65.3 Å². The van der Waals surface area contributed by atoms with Gasteiger partial charge in [0.25, 0.3) is 5.91 Å². The molecule has 0 bridgehead atoms. The number of carbonyl (C=O) groups excluding carboxylic acids is 2. The second-order valence-corrected chi connectivity index (χ2v) is 7.80. The molecule has 3 aromatic rings. The minimum Gasteiger partial charge on any atom is -0.444 e. The van der Waals surface area contributed by atoms with E-state index in [1.807, 2.05) is 42.5 Å². The first kappa shape index (κ1) is 21.7. The molecule has 32 heavy (non-hydrogen) atoms. The summed E-state index contributed by atoms with van der Waals surface area (Å²) >= 11 is 0. The van der Waals surface area contributed by atoms with Gasteiger partial charge >= 0.3 is 0 Å². The molecule has 0 radical (unpaired) electrons. The maximum Gasteiger partial charge on any atom is 0.275 e. The lowest BCUT2D eigenvalue weighted by Crippen LogP contribution is -2.47. The SMILES string of the molecule is O=C(Cc1ccccc1)NCc1ccc(-c2nc(C(=O)N3CCC(O)C(F)C3)co2)cc1. The second-order valence-electron chi connectivity index (χ2n) is 7.80. The summed E-state index contributed by atoms with van der Waals surface area (Å²) < 4.78 is 19.2. The Bertz CT molecular complexity index is 1070. The van der Waals surface area contributed by atoms with E-state index in [4.69, 9.17) is 4.42 Å². The zero-order valence-electron chi connectivity index (χ0n) is 17.4. The van der Waals surface area contributed by atoms with E-state index in [0.29, 0.717) is 18.5 Å². The summed E-state index contributed by atoms with van der Waals surface area (Å²) in [6.07, 6.45) is -0.715. The van der Waals surface area contributed by atoms with Gasteiger partial charge in [0.2, 0.25) is 11.8 Å². The molecule has 0 saturated carbocycles. The van der Waals surface area contributed by atoms with Crippen LogP contribution in [0.3, 0.4) is 0 Å². The van der Waals surface area contributed by atoms with E-state index in [1.54, 1.807) is 12.1 Å². The first-order chi connectivity index (χ1) is 15.5. The molecule has 0 aliphatic carbocycles. The summed E-state index contributed by atoms with van der Waals surface area (Å²) in [5.41, 5.74) is 2.65. The van der Waals surface area contributed by atoms with Crippen molar-refractivity contribution in [2.24, 2.45) is 0 Å². The highest BCUT2D eigenvalue weighted by molar-refractivity contribution is 5.92. The molecule has 2 aromatic carbocycles. The Balaban J connectivity index is 1.33. The number of likely N-dealkylation sites (tertiary alicyclic amines) is 1. The Morgan fingerprint density at radius 1 is 1.12 bits per heavy atom. The summed E-state index contributed by atoms with van der Waals surface area (Å²) in [6, 6.07) is 16.8. The van der Waals surface area contributed by atoms with Crippen LogP contribution in [-0.2, 0) is 17.8 Å². The number of oxazole rings is 1. The number of benzene rings is 2. The van der Waals surface area contributed by atoms with Crippen molar-refractivity contribution < 1.29 is 23.5 Å². The van der Waals surface area contributed by atoms with Crippen molar-refractivity contribution in [3.8, 4) is 11.5 Å². The third kappa shape index (κ3) is 5.20. The van der Waals surface area contributed by atoms with E-state index in [9.17, 15) is 19.1 Å². The molecule has 166 valence electrons. The first-order valence-electron chi connectivity index (χ1n) is 10.5. The zero-order chi connectivity index (χ0) is 22.5. The van der Waals surface area contributed by atoms with Gasteiger partial charge < -0.3 is 19.7 Å². The molecule has 8 heteroatoms. The van der Waals surface area contributed by atoms with E-state index < -0.39 is 18.2 Å². The van der Waals surface area contributed by atoms with Crippen molar-refractivity contribution in [3.63, 3.8) is 0 Å². The van der Waals surface area contributed by atoms with Gasteiger partial charge in [0.05, 0.1) is 19.1 Å². The topological polar surface area (TPSA) is 95.7 Å². The quantitative estimate of drug-likeness (QED) is 0.618. The predicted octanol–water partition coefficient (Wildman–Crippen LogP) is 2.75. The average molecular weight is 437 g/mol. The van der Waals surface area contributed by atoms with Gasteiger partial charge in [-0.25, -0.2) is 9.37 Å². The third-order valence-corrected chi connectivity index (χ3v) is 5.42. The fourth-order valence-electron chi connectivity index (χ4n) is 3.55. The lowest BCUT2D eigenvalue weighted by Gasteiger charge is -2.31. The number of piperidine rings is 1. The molecule has 1 saturated heterocycles. The van der Waals surface area contributed by atoms with Crippen molar-refractivity contribution in [2.45, 2.75) is 31.7 Å². The fourth-order valence-corrected chi connectivity index (χ4v) is 3.55. The highest BCUT2D eigenvalue weighted by atomic mass is 19.1. The van der Waals surface area contributed by atoms with Crippen molar-refractivity contribution in [2.75, 3.05) is 13.1 Å². The van der Waals surface area contributed by atoms with Crippen LogP contribution in [0.4, 0.5) is 4.39 Å². The predicted molar refractivity (Wildman–Crippen MR) is 115 cm³/mol. The number of aliphatic hydroxyl groups excluding tert-OH is 1. The van der Waals surface area contributed by atoms with Crippen LogP contribution in [-0.4, -0.2) is 52.2 Å². The van der Waals surface area contributed by atoms with Crippen LogP contribution < -0.4 is 5.32 Å². The van der Waals surface area contributed by atoms with Crippen LogP contribution in [0.25, 0.3) is 11.5 Å². The molecule has 2 atom stereocenters. The molecule has 4 rings (SSSR count). The number of aliphatic hydroxyl groups is 1. The molecular weight excluding hydrogens is 413 g/mol. The Labute approximate surface area is 184 Å². The maximum atomic E-state index is 13.7. The molecule has 1 aliphatic rings. The average Bonchev–Trinajstić information content (AvgIpc) is 3.30. The first-order valence-corrected chi connectivity index (χ1v) is 10.5. The van der Waals surface area contributed by atoms with E-state index >= 15 is 0 Å². The smallest absolute Gasteiger partial charge is 0.275 e. The largest absolute Gasteiger partial charge is 0.444 e. The van der Waals surface area contributed by atoms with Gasteiger partial charge in [-0.05, 0) is 29.7 Å². The highest BCUT2D eigenvalue weighted by Crippen LogP contribution is 2.21. The zero-order valence-corrected chi connectivity index (χ0v) is 17.4. The monoisotopic (exact) mass is 437 g/mol. The van der Waals surface area contributed by atoms with Crippen molar-refractivity contribution in [3.05, 3.63) is 77.7 Å². The Morgan fingerprint density at radius 3 is 2.59 bits per heavy atom. The molecule has 2 amide bonds. The van der Waals surface area contributed by atoms with E-state index in [0.717, 1.165) is 11.1 Å². The molecule has 2 unspecified atom stereocenters. The number of alkyl halides is 1. The molecular formula is C24H24FN3O4. The number of hydrogen-bond acceptors (Lipinski definition) is 5. The van der Waals surface area contributed by atoms with Crippen molar-refractivity contribution in [1.29, 1.82) is 0 Å². The standard InChI is InChI=1S/C24H24FN3O4/c25-19-14-28(11-10-21(19)29)24(31)20-15-32-23(27-20)18-8-6-17(7-9-18)13-26-22(30)12-16-4-2-1-3-5-16/h1-9,15,19,21,29H,10-14H2,(H,26,30). The van der Waals surface area contributed by atoms with Crippen LogP contribution >= 0.6 is 0 Å². The Kier molecular flexibility index (Phi) is 6.61. The molecule has 1 aromatic heterocycles. The molecule has 7 nitrogen and oxygen atoms in total. The van der Waals surface area contributed by atoms with E-state index in [-0.39, 0.29) is 37.0 Å². The number of nitrogens with zero attached hydrogens (tertiary/aromatic N) is 2. The maximum absolute atomic E-state index is 13.7. The summed E-state index contributed by atoms with van der Waals surface area (Å²) in [7, 11) is 0. The van der Waals surface area contributed by atoms with E-state index in [1.165, 1.54) is 11.2 Å². The number of carbonyl (C=O) groups is 2. The summed E-state index contributed by atoms with van der Waals surface area (Å²) in [4.78, 5) is 30.2. The van der Waals surface area contributed by atoms with Crippen molar-refractivity contribution >= 4 is 11.8 Å². The summed E-state index contributed by atoms with van der Waals surface area (Å²) in [6.45, 7) is 0.507.